The van der Waals surface area contributed by atoms with E-state index >= 15 is 0 Å². The summed E-state index contributed by atoms with van der Waals surface area (Å²) in [5.74, 6) is 1.61. The van der Waals surface area contributed by atoms with Crippen LogP contribution in [-0.2, 0) is 4.79 Å². The summed E-state index contributed by atoms with van der Waals surface area (Å²) >= 11 is 1.31. The number of amides is 1. The Morgan fingerprint density at radius 1 is 1.42 bits per heavy atom. The number of pyridine rings is 1. The van der Waals surface area contributed by atoms with Crippen molar-refractivity contribution in [2.45, 2.75) is 25.3 Å². The van der Waals surface area contributed by atoms with Crippen molar-refractivity contribution >= 4 is 17.7 Å². The van der Waals surface area contributed by atoms with Crippen molar-refractivity contribution in [3.63, 3.8) is 0 Å². The maximum absolute atomic E-state index is 12.2. The minimum absolute atomic E-state index is 0.132. The van der Waals surface area contributed by atoms with Crippen molar-refractivity contribution in [1.82, 2.24) is 4.90 Å². The average molecular weight is 280 g/mol. The van der Waals surface area contributed by atoms with E-state index in [1.54, 1.807) is 12.1 Å². The maximum atomic E-state index is 12.2. The second-order valence-corrected chi connectivity index (χ2v) is 6.39. The molecule has 1 aromatic rings. The van der Waals surface area contributed by atoms with Gasteiger partial charge in [0.2, 0.25) is 5.91 Å². The predicted molar refractivity (Wildman–Crippen MR) is 75.7 cm³/mol. The molecule has 0 aliphatic carbocycles. The minimum Gasteiger partial charge on any atom is -0.618 e. The van der Waals surface area contributed by atoms with E-state index in [0.717, 1.165) is 17.8 Å². The van der Waals surface area contributed by atoms with Crippen LogP contribution in [0, 0.1) is 17.0 Å². The third-order valence-electron chi connectivity index (χ3n) is 3.35. The molecule has 0 bridgehead atoms. The van der Waals surface area contributed by atoms with Crippen LogP contribution in [0.4, 0.5) is 0 Å². The highest BCUT2D eigenvalue weighted by Crippen LogP contribution is 2.22. The summed E-state index contributed by atoms with van der Waals surface area (Å²) in [6.45, 7) is 6.06. The molecule has 4 nitrogen and oxygen atoms in total. The Labute approximate surface area is 118 Å². The SMILES string of the molecule is CC1CC(C)CN(C(=O)CSc2cccc[n+]2[O-])C1. The molecular weight excluding hydrogens is 260 g/mol. The number of likely N-dealkylation sites (tertiary alicyclic amines) is 1. The van der Waals surface area contributed by atoms with Crippen molar-refractivity contribution in [3.8, 4) is 0 Å². The molecule has 2 rings (SSSR count). The lowest BCUT2D eigenvalue weighted by Crippen LogP contribution is -2.43. The van der Waals surface area contributed by atoms with E-state index < -0.39 is 0 Å². The zero-order chi connectivity index (χ0) is 13.8. The molecule has 1 saturated heterocycles. The van der Waals surface area contributed by atoms with Crippen LogP contribution in [0.5, 0.6) is 0 Å². The van der Waals surface area contributed by atoms with E-state index in [-0.39, 0.29) is 5.91 Å². The number of aromatic nitrogens is 1. The van der Waals surface area contributed by atoms with Gasteiger partial charge in [0.05, 0.1) is 5.75 Å². The number of piperidine rings is 1. The fourth-order valence-electron chi connectivity index (χ4n) is 2.62. The van der Waals surface area contributed by atoms with Gasteiger partial charge in [0.25, 0.3) is 5.03 Å². The Kier molecular flexibility index (Phi) is 4.69. The Balaban J connectivity index is 1.89. The Morgan fingerprint density at radius 3 is 2.74 bits per heavy atom. The summed E-state index contributed by atoms with van der Waals surface area (Å²) in [6, 6.07) is 5.24. The van der Waals surface area contributed by atoms with Crippen molar-refractivity contribution in [2.24, 2.45) is 11.8 Å². The topological polar surface area (TPSA) is 47.2 Å². The van der Waals surface area contributed by atoms with Crippen LogP contribution >= 0.6 is 11.8 Å². The molecule has 0 saturated carbocycles. The van der Waals surface area contributed by atoms with Gasteiger partial charge < -0.3 is 10.1 Å². The molecule has 1 fully saturated rings. The molecule has 2 heterocycles. The second-order valence-electron chi connectivity index (χ2n) is 5.40. The summed E-state index contributed by atoms with van der Waals surface area (Å²) in [4.78, 5) is 14.1. The lowest BCUT2D eigenvalue weighted by atomic mass is 9.92. The van der Waals surface area contributed by atoms with Crippen molar-refractivity contribution in [3.05, 3.63) is 29.6 Å². The monoisotopic (exact) mass is 280 g/mol. The lowest BCUT2D eigenvalue weighted by molar-refractivity contribution is -0.645. The van der Waals surface area contributed by atoms with Crippen LogP contribution in [0.25, 0.3) is 0 Å². The molecule has 19 heavy (non-hydrogen) atoms. The summed E-state index contributed by atoms with van der Waals surface area (Å²) in [6.07, 6.45) is 2.65. The van der Waals surface area contributed by atoms with Crippen LogP contribution in [-0.4, -0.2) is 29.6 Å². The Hall–Kier alpha value is -1.23. The third-order valence-corrected chi connectivity index (χ3v) is 4.36. The summed E-state index contributed by atoms with van der Waals surface area (Å²) < 4.78 is 0.805. The first-order valence-corrected chi connectivity index (χ1v) is 7.63. The highest BCUT2D eigenvalue weighted by atomic mass is 32.2. The number of hydrogen-bond donors (Lipinski definition) is 0. The van der Waals surface area contributed by atoms with E-state index in [1.165, 1.54) is 24.4 Å². The van der Waals surface area contributed by atoms with Crippen molar-refractivity contribution in [2.75, 3.05) is 18.8 Å². The number of carbonyl (C=O) groups excluding carboxylic acids is 1. The largest absolute Gasteiger partial charge is 0.618 e. The Morgan fingerprint density at radius 2 is 2.11 bits per heavy atom. The van der Waals surface area contributed by atoms with Crippen molar-refractivity contribution in [1.29, 1.82) is 0 Å². The van der Waals surface area contributed by atoms with Crippen LogP contribution in [0.15, 0.2) is 29.4 Å². The van der Waals surface area contributed by atoms with Crippen LogP contribution in [0.1, 0.15) is 20.3 Å². The Bertz CT molecular complexity index is 443. The van der Waals surface area contributed by atoms with Gasteiger partial charge in [0.15, 0.2) is 6.20 Å². The molecular formula is C14H20N2O2S. The number of nitrogens with zero attached hydrogens (tertiary/aromatic N) is 2. The molecule has 2 unspecified atom stereocenters. The molecule has 1 amide bonds. The molecule has 0 spiro atoms. The molecule has 1 aliphatic rings. The van der Waals surface area contributed by atoms with Crippen LogP contribution in [0.2, 0.25) is 0 Å². The van der Waals surface area contributed by atoms with E-state index in [9.17, 15) is 10.0 Å². The van der Waals surface area contributed by atoms with Gasteiger partial charge in [-0.2, -0.15) is 4.73 Å². The smallest absolute Gasteiger partial charge is 0.251 e. The molecule has 0 aromatic carbocycles. The summed E-state index contributed by atoms with van der Waals surface area (Å²) in [5.41, 5.74) is 0. The normalized spacial score (nSPS) is 23.4. The number of carbonyl (C=O) groups is 1. The summed E-state index contributed by atoms with van der Waals surface area (Å²) in [7, 11) is 0. The van der Waals surface area contributed by atoms with Crippen LogP contribution in [0.3, 0.4) is 0 Å². The van der Waals surface area contributed by atoms with Gasteiger partial charge in [-0.1, -0.05) is 13.8 Å². The van der Waals surface area contributed by atoms with Gasteiger partial charge in [-0.15, -0.1) is 0 Å². The van der Waals surface area contributed by atoms with Gasteiger partial charge in [-0.3, -0.25) is 4.79 Å². The summed E-state index contributed by atoms with van der Waals surface area (Å²) in [5, 5.41) is 12.1. The van der Waals surface area contributed by atoms with Crippen molar-refractivity contribution < 1.29 is 9.52 Å². The molecule has 1 aliphatic heterocycles. The lowest BCUT2D eigenvalue weighted by Gasteiger charge is -2.34. The standard InChI is InChI=1S/C14H20N2O2S/c1-11-7-12(2)9-15(8-11)13(17)10-19-14-5-3-4-6-16(14)18/h3-6,11-12H,7-10H2,1-2H3. The average Bonchev–Trinajstić information content (AvgIpc) is 2.36. The molecule has 104 valence electrons. The highest BCUT2D eigenvalue weighted by Gasteiger charge is 2.25. The van der Waals surface area contributed by atoms with Gasteiger partial charge in [0.1, 0.15) is 0 Å². The van der Waals surface area contributed by atoms with E-state index in [2.05, 4.69) is 13.8 Å². The molecule has 1 aromatic heterocycles. The minimum atomic E-state index is 0.132. The van der Waals surface area contributed by atoms with E-state index in [4.69, 9.17) is 0 Å². The maximum Gasteiger partial charge on any atom is 0.251 e. The molecule has 0 radical (unpaired) electrons. The fraction of sp³-hybridized carbons (Fsp3) is 0.571. The molecule has 5 heteroatoms. The number of hydrogen-bond acceptors (Lipinski definition) is 3. The van der Waals surface area contributed by atoms with Gasteiger partial charge in [0, 0.05) is 25.2 Å². The first-order chi connectivity index (χ1) is 9.06. The third kappa shape index (κ3) is 3.86. The molecule has 0 N–H and O–H groups in total. The zero-order valence-electron chi connectivity index (χ0n) is 11.4. The van der Waals surface area contributed by atoms with E-state index in [1.807, 2.05) is 11.0 Å². The first kappa shape index (κ1) is 14.2. The molecule has 2 atom stereocenters. The van der Waals surface area contributed by atoms with E-state index in [0.29, 0.717) is 22.6 Å². The first-order valence-electron chi connectivity index (χ1n) is 6.65. The fourth-order valence-corrected chi connectivity index (χ4v) is 3.43. The van der Waals surface area contributed by atoms with Gasteiger partial charge >= 0.3 is 0 Å². The number of thioether (sulfide) groups is 1. The van der Waals surface area contributed by atoms with Crippen LogP contribution < -0.4 is 4.73 Å². The highest BCUT2D eigenvalue weighted by molar-refractivity contribution is 7.99. The van der Waals surface area contributed by atoms with Gasteiger partial charge in [-0.25, -0.2) is 0 Å². The van der Waals surface area contributed by atoms with Gasteiger partial charge in [-0.05, 0) is 36.1 Å². The predicted octanol–water partition coefficient (Wildman–Crippen LogP) is 1.92. The number of rotatable bonds is 3. The second kappa shape index (κ2) is 6.28. The zero-order valence-corrected chi connectivity index (χ0v) is 12.2. The quantitative estimate of drug-likeness (QED) is 0.483.